The molecule has 0 saturated carbocycles. The van der Waals surface area contributed by atoms with Crippen molar-refractivity contribution in [1.29, 1.82) is 0 Å². The van der Waals surface area contributed by atoms with Gasteiger partial charge in [0.25, 0.3) is 0 Å². The van der Waals surface area contributed by atoms with Gasteiger partial charge in [-0.05, 0) is 43.4 Å². The van der Waals surface area contributed by atoms with Crippen LogP contribution in [0, 0.1) is 17.8 Å². The number of carboxylic acids is 1. The van der Waals surface area contributed by atoms with Crippen molar-refractivity contribution in [3.63, 3.8) is 0 Å². The topological polar surface area (TPSA) is 223 Å². The van der Waals surface area contributed by atoms with E-state index in [1.54, 1.807) is 0 Å². The molecule has 13 heteroatoms. The van der Waals surface area contributed by atoms with E-state index in [2.05, 4.69) is 21.3 Å². The molecule has 0 radical (unpaired) electrons. The molecule has 9 N–H and O–H groups in total. The zero-order valence-corrected chi connectivity index (χ0v) is 23.3. The van der Waals surface area contributed by atoms with Gasteiger partial charge in [0.15, 0.2) is 0 Å². The van der Waals surface area contributed by atoms with Crippen LogP contribution < -0.4 is 32.7 Å². The van der Waals surface area contributed by atoms with Gasteiger partial charge < -0.3 is 37.8 Å². The maximum absolute atomic E-state index is 13.1. The Hall–Kier alpha value is -3.22. The van der Waals surface area contributed by atoms with Gasteiger partial charge >= 0.3 is 5.97 Å². The van der Waals surface area contributed by atoms with Crippen LogP contribution in [0.5, 0.6) is 0 Å². The minimum atomic E-state index is -1.18. The molecule has 0 aromatic rings. The minimum absolute atomic E-state index is 0.0274. The fourth-order valence-corrected chi connectivity index (χ4v) is 3.65. The summed E-state index contributed by atoms with van der Waals surface area (Å²) >= 11 is 0. The Bertz CT molecular complexity index is 831. The van der Waals surface area contributed by atoms with Crippen LogP contribution in [0.25, 0.3) is 0 Å². The van der Waals surface area contributed by atoms with Gasteiger partial charge in [-0.2, -0.15) is 0 Å². The van der Waals surface area contributed by atoms with Gasteiger partial charge in [0.05, 0.1) is 12.6 Å². The smallest absolute Gasteiger partial charge is 0.326 e. The molecule has 0 fully saturated rings. The van der Waals surface area contributed by atoms with Gasteiger partial charge in [-0.15, -0.1) is 0 Å². The molecule has 0 spiro atoms. The van der Waals surface area contributed by atoms with Gasteiger partial charge in [-0.3, -0.25) is 24.0 Å². The molecule has 38 heavy (non-hydrogen) atoms. The van der Waals surface area contributed by atoms with Crippen LogP contribution in [0.1, 0.15) is 73.6 Å². The molecule has 0 aromatic heterocycles. The molecule has 0 unspecified atom stereocenters. The fourth-order valence-electron chi connectivity index (χ4n) is 3.65. The summed E-state index contributed by atoms with van der Waals surface area (Å²) in [7, 11) is 0. The summed E-state index contributed by atoms with van der Waals surface area (Å²) in [4.78, 5) is 73.4. The first kappa shape index (κ1) is 34.8. The van der Waals surface area contributed by atoms with Crippen LogP contribution in [0.4, 0.5) is 0 Å². The van der Waals surface area contributed by atoms with Crippen LogP contribution in [0.15, 0.2) is 0 Å². The predicted octanol–water partition coefficient (Wildman–Crippen LogP) is -0.627. The lowest BCUT2D eigenvalue weighted by molar-refractivity contribution is -0.142. The highest BCUT2D eigenvalue weighted by molar-refractivity contribution is 5.94. The molecule has 0 rings (SSSR count). The lowest BCUT2D eigenvalue weighted by Crippen LogP contribution is -2.57. The van der Waals surface area contributed by atoms with E-state index in [4.69, 9.17) is 11.5 Å². The van der Waals surface area contributed by atoms with Crippen LogP contribution in [-0.4, -0.2) is 71.3 Å². The number of aliphatic carboxylic acids is 1. The third-order valence-corrected chi connectivity index (χ3v) is 5.48. The lowest BCUT2D eigenvalue weighted by atomic mass is 10.0. The summed E-state index contributed by atoms with van der Waals surface area (Å²) in [5, 5.41) is 19.2. The second kappa shape index (κ2) is 17.3. The number of hydrogen-bond acceptors (Lipinski definition) is 7. The second-order valence-electron chi connectivity index (χ2n) is 10.8. The molecule has 0 aliphatic rings. The van der Waals surface area contributed by atoms with Gasteiger partial charge in [-0.25, -0.2) is 4.79 Å². The van der Waals surface area contributed by atoms with Crippen molar-refractivity contribution >= 4 is 35.5 Å². The number of carbonyl (C=O) groups excluding carboxylic acids is 5. The molecular weight excluding hydrogens is 496 g/mol. The average molecular weight is 543 g/mol. The van der Waals surface area contributed by atoms with Crippen LogP contribution in [0.2, 0.25) is 0 Å². The lowest BCUT2D eigenvalue weighted by Gasteiger charge is -2.25. The van der Waals surface area contributed by atoms with Crippen molar-refractivity contribution in [2.24, 2.45) is 29.2 Å². The summed E-state index contributed by atoms with van der Waals surface area (Å²) in [5.41, 5.74) is 11.1. The number of carboxylic acid groups (broad SMARTS) is 1. The quantitative estimate of drug-likeness (QED) is 0.118. The minimum Gasteiger partial charge on any atom is -0.480 e. The summed E-state index contributed by atoms with van der Waals surface area (Å²) in [6.45, 7) is 10.6. The number of nitrogens with one attached hydrogen (secondary N) is 4. The standard InChI is InChI=1S/C25H46N6O7/c1-13(2)9-16(26)22(34)30-17(7-8-20(27)32)24(36)31-18(10-14(3)4)23(35)28-12-21(33)29-19(25(37)38)11-15(5)6/h13-19H,7-12,26H2,1-6H3,(H2,27,32)(H,28,35)(H,29,33)(H,30,34)(H,31,36)(H,37,38)/t16-,17-,18-,19-/m0/s1. The number of nitrogens with two attached hydrogens (primary N) is 2. The normalized spacial score (nSPS) is 14.4. The van der Waals surface area contributed by atoms with E-state index in [1.807, 2.05) is 41.5 Å². The summed E-state index contributed by atoms with van der Waals surface area (Å²) in [5.74, 6) is -4.32. The van der Waals surface area contributed by atoms with Crippen molar-refractivity contribution < 1.29 is 33.9 Å². The number of carbonyl (C=O) groups is 6. The number of primary amides is 1. The Morgan fingerprint density at radius 3 is 1.66 bits per heavy atom. The van der Waals surface area contributed by atoms with E-state index >= 15 is 0 Å². The SMILES string of the molecule is CC(C)C[C@H](NC(=O)CNC(=O)[C@H](CC(C)C)NC(=O)[C@H](CCC(N)=O)NC(=O)[C@@H](N)CC(C)C)C(=O)O. The van der Waals surface area contributed by atoms with Gasteiger partial charge in [0.1, 0.15) is 18.1 Å². The van der Waals surface area contributed by atoms with E-state index in [1.165, 1.54) is 0 Å². The maximum atomic E-state index is 13.1. The molecule has 218 valence electrons. The van der Waals surface area contributed by atoms with Crippen LogP contribution in [0.3, 0.4) is 0 Å². The van der Waals surface area contributed by atoms with Crippen molar-refractivity contribution in [3.05, 3.63) is 0 Å². The highest BCUT2D eigenvalue weighted by Gasteiger charge is 2.29. The predicted molar refractivity (Wildman–Crippen MR) is 141 cm³/mol. The molecular formula is C25H46N6O7. The van der Waals surface area contributed by atoms with Crippen molar-refractivity contribution in [1.82, 2.24) is 21.3 Å². The summed E-state index contributed by atoms with van der Waals surface area (Å²) in [6.07, 6.45) is 0.552. The molecule has 0 bridgehead atoms. The summed E-state index contributed by atoms with van der Waals surface area (Å²) < 4.78 is 0. The van der Waals surface area contributed by atoms with E-state index in [0.717, 1.165) is 0 Å². The highest BCUT2D eigenvalue weighted by atomic mass is 16.4. The van der Waals surface area contributed by atoms with Gasteiger partial charge in [0.2, 0.25) is 29.5 Å². The first-order valence-electron chi connectivity index (χ1n) is 13.0. The van der Waals surface area contributed by atoms with E-state index in [-0.39, 0.29) is 43.4 Å². The Balaban J connectivity index is 5.39. The number of hydrogen-bond donors (Lipinski definition) is 7. The largest absolute Gasteiger partial charge is 0.480 e. The van der Waals surface area contributed by atoms with Crippen molar-refractivity contribution in [3.8, 4) is 0 Å². The highest BCUT2D eigenvalue weighted by Crippen LogP contribution is 2.09. The maximum Gasteiger partial charge on any atom is 0.326 e. The molecule has 5 amide bonds. The molecule has 0 saturated heterocycles. The van der Waals surface area contributed by atoms with Crippen LogP contribution >= 0.6 is 0 Å². The van der Waals surface area contributed by atoms with Crippen molar-refractivity contribution in [2.45, 2.75) is 97.8 Å². The summed E-state index contributed by atoms with van der Waals surface area (Å²) in [6, 6.07) is -4.18. The molecule has 4 atom stereocenters. The Labute approximate surface area is 224 Å². The van der Waals surface area contributed by atoms with Gasteiger partial charge in [-0.1, -0.05) is 41.5 Å². The number of rotatable bonds is 18. The molecule has 0 aliphatic carbocycles. The average Bonchev–Trinajstić information content (AvgIpc) is 2.77. The Kier molecular flexibility index (Phi) is 15.9. The van der Waals surface area contributed by atoms with E-state index < -0.39 is 66.2 Å². The van der Waals surface area contributed by atoms with Crippen molar-refractivity contribution in [2.75, 3.05) is 6.54 Å². The van der Waals surface area contributed by atoms with Gasteiger partial charge in [0, 0.05) is 6.42 Å². The first-order valence-corrected chi connectivity index (χ1v) is 13.0. The second-order valence-corrected chi connectivity index (χ2v) is 10.8. The zero-order valence-electron chi connectivity index (χ0n) is 23.3. The van der Waals surface area contributed by atoms with Crippen LogP contribution in [-0.2, 0) is 28.8 Å². The Morgan fingerprint density at radius 1 is 0.684 bits per heavy atom. The molecule has 0 aliphatic heterocycles. The third-order valence-electron chi connectivity index (χ3n) is 5.48. The van der Waals surface area contributed by atoms with E-state index in [9.17, 15) is 33.9 Å². The monoisotopic (exact) mass is 542 g/mol. The fraction of sp³-hybridized carbons (Fsp3) is 0.760. The number of amides is 5. The first-order chi connectivity index (χ1) is 17.5. The zero-order chi connectivity index (χ0) is 29.6. The molecule has 0 aromatic carbocycles. The molecule has 0 heterocycles. The Morgan fingerprint density at radius 2 is 1.18 bits per heavy atom. The molecule has 13 nitrogen and oxygen atoms in total. The van der Waals surface area contributed by atoms with E-state index in [0.29, 0.717) is 6.42 Å². The third kappa shape index (κ3) is 15.1.